The summed E-state index contributed by atoms with van der Waals surface area (Å²) in [7, 11) is 1.65. The molecule has 0 fully saturated rings. The predicted molar refractivity (Wildman–Crippen MR) is 50.0 cm³/mol. The molecule has 3 heteroatoms. The lowest BCUT2D eigenvalue weighted by molar-refractivity contribution is -0.200. The van der Waals surface area contributed by atoms with Gasteiger partial charge >= 0.3 is 0 Å². The van der Waals surface area contributed by atoms with Crippen LogP contribution in [0.2, 0.25) is 0 Å². The molecule has 0 heterocycles. The summed E-state index contributed by atoms with van der Waals surface area (Å²) in [6.07, 6.45) is 2.54. The number of halogens is 1. The van der Waals surface area contributed by atoms with Crippen LogP contribution in [0.1, 0.15) is 13.3 Å². The molecule has 0 aromatic heterocycles. The molecule has 2 nitrogen and oxygen atoms in total. The van der Waals surface area contributed by atoms with E-state index >= 15 is 0 Å². The Kier molecular flexibility index (Phi) is 5.82. The topological polar surface area (TPSA) is 18.5 Å². The maximum Gasteiger partial charge on any atom is 0.177 e. The zero-order valence-electron chi connectivity index (χ0n) is 7.10. The van der Waals surface area contributed by atoms with E-state index in [1.165, 1.54) is 0 Å². The van der Waals surface area contributed by atoms with Crippen molar-refractivity contribution in [3.8, 4) is 0 Å². The van der Waals surface area contributed by atoms with Gasteiger partial charge in [0, 0.05) is 7.11 Å². The Balaban J connectivity index is 3.93. The molecular formula is C8H15BrO2. The van der Waals surface area contributed by atoms with Gasteiger partial charge < -0.3 is 9.47 Å². The van der Waals surface area contributed by atoms with Gasteiger partial charge in [0.05, 0.1) is 11.9 Å². The Bertz CT molecular complexity index is 102. The third-order valence-electron chi connectivity index (χ3n) is 1.58. The molecule has 0 N–H and O–H groups in total. The highest BCUT2D eigenvalue weighted by Gasteiger charge is 2.26. The van der Waals surface area contributed by atoms with E-state index in [4.69, 9.17) is 9.47 Å². The lowest BCUT2D eigenvalue weighted by Gasteiger charge is -2.28. The maximum atomic E-state index is 5.44. The summed E-state index contributed by atoms with van der Waals surface area (Å²) in [4.78, 5) is 0. The van der Waals surface area contributed by atoms with Crippen molar-refractivity contribution in [2.75, 3.05) is 19.0 Å². The average Bonchev–Trinajstić information content (AvgIpc) is 2.08. The van der Waals surface area contributed by atoms with E-state index in [1.54, 1.807) is 13.2 Å². The molecule has 0 aliphatic rings. The minimum atomic E-state index is -0.478. The van der Waals surface area contributed by atoms with E-state index in [2.05, 4.69) is 22.5 Å². The molecule has 66 valence electrons. The summed E-state index contributed by atoms with van der Waals surface area (Å²) in [5.74, 6) is -0.478. The van der Waals surface area contributed by atoms with Crippen molar-refractivity contribution in [2.45, 2.75) is 19.1 Å². The molecule has 0 bridgehead atoms. The van der Waals surface area contributed by atoms with Crippen LogP contribution in [-0.2, 0) is 9.47 Å². The fourth-order valence-electron chi connectivity index (χ4n) is 0.704. The molecule has 0 saturated heterocycles. The fraction of sp³-hybridized carbons (Fsp3) is 0.750. The van der Waals surface area contributed by atoms with Crippen LogP contribution in [-0.4, -0.2) is 24.8 Å². The molecule has 0 rings (SSSR count). The molecule has 0 aliphatic heterocycles. The van der Waals surface area contributed by atoms with E-state index in [1.807, 2.05) is 6.92 Å². The first-order chi connectivity index (χ1) is 5.24. The molecule has 0 spiro atoms. The fourth-order valence-corrected chi connectivity index (χ4v) is 1.49. The summed E-state index contributed by atoms with van der Waals surface area (Å²) in [6, 6.07) is 0. The van der Waals surface area contributed by atoms with Gasteiger partial charge in [0.1, 0.15) is 0 Å². The Labute approximate surface area is 76.7 Å². The zero-order valence-corrected chi connectivity index (χ0v) is 8.69. The molecule has 1 atom stereocenters. The third kappa shape index (κ3) is 3.36. The average molecular weight is 223 g/mol. The number of alkyl halides is 1. The standard InChI is InChI=1S/C8H15BrO2/c1-4-6-11-8(5-2,7-9)10-3/h4H,1,5-7H2,2-3H3. The Morgan fingerprint density at radius 2 is 2.27 bits per heavy atom. The second-order valence-corrected chi connectivity index (χ2v) is 2.76. The van der Waals surface area contributed by atoms with Crippen LogP contribution in [0.3, 0.4) is 0 Å². The smallest absolute Gasteiger partial charge is 0.177 e. The summed E-state index contributed by atoms with van der Waals surface area (Å²) in [6.45, 7) is 6.11. The molecule has 0 radical (unpaired) electrons. The van der Waals surface area contributed by atoms with E-state index in [-0.39, 0.29) is 0 Å². The van der Waals surface area contributed by atoms with Crippen LogP contribution in [0.4, 0.5) is 0 Å². The monoisotopic (exact) mass is 222 g/mol. The van der Waals surface area contributed by atoms with E-state index in [9.17, 15) is 0 Å². The Morgan fingerprint density at radius 3 is 2.55 bits per heavy atom. The SMILES string of the molecule is C=CCOC(CC)(CBr)OC. The molecule has 0 aromatic carbocycles. The minimum Gasteiger partial charge on any atom is -0.352 e. The summed E-state index contributed by atoms with van der Waals surface area (Å²) >= 11 is 3.34. The highest BCUT2D eigenvalue weighted by molar-refractivity contribution is 9.09. The lowest BCUT2D eigenvalue weighted by Crippen LogP contribution is -2.36. The van der Waals surface area contributed by atoms with E-state index < -0.39 is 5.79 Å². The lowest BCUT2D eigenvalue weighted by atomic mass is 10.2. The van der Waals surface area contributed by atoms with Crippen molar-refractivity contribution in [1.82, 2.24) is 0 Å². The normalized spacial score (nSPS) is 15.9. The largest absolute Gasteiger partial charge is 0.352 e. The first-order valence-electron chi connectivity index (χ1n) is 3.60. The highest BCUT2D eigenvalue weighted by atomic mass is 79.9. The van der Waals surface area contributed by atoms with Gasteiger partial charge in [-0.05, 0) is 6.42 Å². The molecule has 0 amide bonds. The molecule has 1 unspecified atom stereocenters. The summed E-state index contributed by atoms with van der Waals surface area (Å²) in [5.41, 5.74) is 0. The second-order valence-electron chi connectivity index (χ2n) is 2.20. The van der Waals surface area contributed by atoms with E-state index in [0.29, 0.717) is 11.9 Å². The van der Waals surface area contributed by atoms with E-state index in [0.717, 1.165) is 6.42 Å². The summed E-state index contributed by atoms with van der Waals surface area (Å²) < 4.78 is 10.7. The highest BCUT2D eigenvalue weighted by Crippen LogP contribution is 2.19. The van der Waals surface area contributed by atoms with Gasteiger partial charge in [-0.2, -0.15) is 0 Å². The third-order valence-corrected chi connectivity index (χ3v) is 2.43. The molecular weight excluding hydrogens is 208 g/mol. The van der Waals surface area contributed by atoms with Gasteiger partial charge in [0.15, 0.2) is 5.79 Å². The van der Waals surface area contributed by atoms with Gasteiger partial charge in [-0.3, -0.25) is 0 Å². The molecule has 11 heavy (non-hydrogen) atoms. The quantitative estimate of drug-likeness (QED) is 0.391. The van der Waals surface area contributed by atoms with Gasteiger partial charge in [0.2, 0.25) is 0 Å². The van der Waals surface area contributed by atoms with Gasteiger partial charge in [-0.15, -0.1) is 6.58 Å². The first kappa shape index (κ1) is 11.1. The number of ether oxygens (including phenoxy) is 2. The molecule has 0 saturated carbocycles. The van der Waals surface area contributed by atoms with Gasteiger partial charge in [0.25, 0.3) is 0 Å². The number of rotatable bonds is 6. The second kappa shape index (κ2) is 5.75. The van der Waals surface area contributed by atoms with Crippen LogP contribution in [0.5, 0.6) is 0 Å². The van der Waals surface area contributed by atoms with Crippen LogP contribution in [0, 0.1) is 0 Å². The Hall–Kier alpha value is 0.140. The van der Waals surface area contributed by atoms with Gasteiger partial charge in [-0.25, -0.2) is 0 Å². The Morgan fingerprint density at radius 1 is 1.64 bits per heavy atom. The van der Waals surface area contributed by atoms with Crippen molar-refractivity contribution in [2.24, 2.45) is 0 Å². The number of methoxy groups -OCH3 is 1. The predicted octanol–water partition coefficient (Wildman–Crippen LogP) is 2.34. The van der Waals surface area contributed by atoms with Gasteiger partial charge in [-0.1, -0.05) is 28.9 Å². The van der Waals surface area contributed by atoms with Crippen LogP contribution in [0.25, 0.3) is 0 Å². The van der Waals surface area contributed by atoms with Crippen LogP contribution in [0.15, 0.2) is 12.7 Å². The molecule has 0 aliphatic carbocycles. The van der Waals surface area contributed by atoms with Crippen molar-refractivity contribution < 1.29 is 9.47 Å². The number of hydrogen-bond acceptors (Lipinski definition) is 2. The number of hydrogen-bond donors (Lipinski definition) is 0. The first-order valence-corrected chi connectivity index (χ1v) is 4.72. The van der Waals surface area contributed by atoms with Crippen molar-refractivity contribution in [1.29, 1.82) is 0 Å². The summed E-state index contributed by atoms with van der Waals surface area (Å²) in [5, 5.41) is 0.681. The maximum absolute atomic E-state index is 5.44. The minimum absolute atomic E-state index is 0.478. The van der Waals surface area contributed by atoms with Crippen molar-refractivity contribution >= 4 is 15.9 Å². The van der Waals surface area contributed by atoms with Crippen LogP contribution >= 0.6 is 15.9 Å². The van der Waals surface area contributed by atoms with Crippen molar-refractivity contribution in [3.05, 3.63) is 12.7 Å². The zero-order chi connectivity index (χ0) is 8.74. The molecule has 0 aromatic rings. The van der Waals surface area contributed by atoms with Crippen LogP contribution < -0.4 is 0 Å². The van der Waals surface area contributed by atoms with Crippen molar-refractivity contribution in [3.63, 3.8) is 0 Å².